The number of hydrogen-bond donors (Lipinski definition) is 0. The van der Waals surface area contributed by atoms with E-state index in [4.69, 9.17) is 34.8 Å². The van der Waals surface area contributed by atoms with Crippen LogP contribution in [0, 0.1) is 0 Å². The second kappa shape index (κ2) is 5.04. The quantitative estimate of drug-likeness (QED) is 0.675. The van der Waals surface area contributed by atoms with Gasteiger partial charge in [-0.05, 0) is 0 Å². The first-order chi connectivity index (χ1) is 4.75. The summed E-state index contributed by atoms with van der Waals surface area (Å²) in [4.78, 5) is 3.77. The van der Waals surface area contributed by atoms with E-state index in [0.717, 1.165) is 5.56 Å². The van der Waals surface area contributed by atoms with Crippen LogP contribution in [0.4, 0.5) is 0 Å². The van der Waals surface area contributed by atoms with Crippen molar-refractivity contribution < 1.29 is 0 Å². The summed E-state index contributed by atoms with van der Waals surface area (Å²) in [6.07, 6.45) is 3.04. The summed E-state index contributed by atoms with van der Waals surface area (Å²) in [6, 6.07) is 0. The maximum Gasteiger partial charge on any atom is 0.0648 e. The van der Waals surface area contributed by atoms with Gasteiger partial charge in [0.15, 0.2) is 0 Å². The second-order valence-corrected chi connectivity index (χ2v) is 2.80. The van der Waals surface area contributed by atoms with Crippen molar-refractivity contribution in [1.29, 1.82) is 0 Å². The van der Waals surface area contributed by atoms with Gasteiger partial charge in [-0.15, -0.1) is 24.0 Å². The van der Waals surface area contributed by atoms with Gasteiger partial charge in [-0.1, -0.05) is 23.2 Å². The SMILES string of the molecule is Cl.ClCc1c(Cl)cncc1Cl. The normalized spacial score (nSPS) is 9.00. The van der Waals surface area contributed by atoms with Crippen LogP contribution in [0.15, 0.2) is 12.4 Å². The standard InChI is InChI=1S/C6H4Cl3N.ClH/c7-1-4-5(8)2-10-3-6(4)9;/h2-3H,1H2;1H. The van der Waals surface area contributed by atoms with E-state index in [0.29, 0.717) is 15.9 Å². The number of hydrogen-bond acceptors (Lipinski definition) is 1. The average molecular weight is 233 g/mol. The summed E-state index contributed by atoms with van der Waals surface area (Å²) < 4.78 is 0. The van der Waals surface area contributed by atoms with Crippen LogP contribution in [-0.4, -0.2) is 4.98 Å². The third kappa shape index (κ3) is 2.68. The van der Waals surface area contributed by atoms with Crippen LogP contribution in [0.25, 0.3) is 0 Å². The minimum absolute atomic E-state index is 0. The molecule has 0 amide bonds. The summed E-state index contributed by atoms with van der Waals surface area (Å²) in [7, 11) is 0. The minimum Gasteiger partial charge on any atom is -0.262 e. The number of nitrogens with zero attached hydrogens (tertiary/aromatic N) is 1. The Morgan fingerprint density at radius 2 is 1.64 bits per heavy atom. The average Bonchev–Trinajstić information content (AvgIpc) is 1.88. The molecule has 0 aromatic carbocycles. The lowest BCUT2D eigenvalue weighted by atomic mass is 10.3. The summed E-state index contributed by atoms with van der Waals surface area (Å²) in [6.45, 7) is 0. The van der Waals surface area contributed by atoms with Crippen molar-refractivity contribution in [3.63, 3.8) is 0 Å². The zero-order chi connectivity index (χ0) is 7.56. The Labute approximate surface area is 86.1 Å². The summed E-state index contributed by atoms with van der Waals surface area (Å²) >= 11 is 16.9. The number of alkyl halides is 1. The smallest absolute Gasteiger partial charge is 0.0648 e. The fraction of sp³-hybridized carbons (Fsp3) is 0.167. The number of aromatic nitrogens is 1. The van der Waals surface area contributed by atoms with Gasteiger partial charge >= 0.3 is 0 Å². The largest absolute Gasteiger partial charge is 0.262 e. The zero-order valence-electron chi connectivity index (χ0n) is 5.35. The Kier molecular flexibility index (Phi) is 5.19. The first-order valence-electron chi connectivity index (χ1n) is 2.59. The Morgan fingerprint density at radius 3 is 1.91 bits per heavy atom. The zero-order valence-corrected chi connectivity index (χ0v) is 8.44. The van der Waals surface area contributed by atoms with Crippen molar-refractivity contribution in [2.75, 3.05) is 0 Å². The summed E-state index contributed by atoms with van der Waals surface area (Å²) in [5, 5.41) is 1.03. The van der Waals surface area contributed by atoms with Gasteiger partial charge in [-0.2, -0.15) is 0 Å². The van der Waals surface area contributed by atoms with Crippen molar-refractivity contribution in [3.05, 3.63) is 28.0 Å². The molecule has 0 saturated heterocycles. The maximum atomic E-state index is 5.70. The first-order valence-corrected chi connectivity index (χ1v) is 3.88. The molecule has 0 saturated carbocycles. The molecular formula is C6H5Cl4N. The lowest BCUT2D eigenvalue weighted by Gasteiger charge is -1.99. The van der Waals surface area contributed by atoms with Crippen LogP contribution in [0.3, 0.4) is 0 Å². The highest BCUT2D eigenvalue weighted by Crippen LogP contribution is 2.23. The molecule has 0 radical (unpaired) electrons. The second-order valence-electron chi connectivity index (χ2n) is 1.72. The molecule has 0 unspecified atom stereocenters. The van der Waals surface area contributed by atoms with Gasteiger partial charge in [0, 0.05) is 18.0 Å². The lowest BCUT2D eigenvalue weighted by molar-refractivity contribution is 1.27. The fourth-order valence-corrected chi connectivity index (χ4v) is 1.49. The molecule has 1 aromatic rings. The highest BCUT2D eigenvalue weighted by Gasteiger charge is 2.02. The van der Waals surface area contributed by atoms with E-state index in [2.05, 4.69) is 4.98 Å². The van der Waals surface area contributed by atoms with Crippen molar-refractivity contribution in [1.82, 2.24) is 4.98 Å². The Bertz CT molecular complexity index is 218. The van der Waals surface area contributed by atoms with Gasteiger partial charge in [0.1, 0.15) is 0 Å². The van der Waals surface area contributed by atoms with Crippen molar-refractivity contribution in [2.45, 2.75) is 5.88 Å². The molecule has 62 valence electrons. The van der Waals surface area contributed by atoms with Crippen molar-refractivity contribution in [2.24, 2.45) is 0 Å². The molecule has 0 fully saturated rings. The predicted octanol–water partition coefficient (Wildman–Crippen LogP) is 3.55. The van der Waals surface area contributed by atoms with Gasteiger partial charge in [-0.3, -0.25) is 4.98 Å². The van der Waals surface area contributed by atoms with Crippen LogP contribution in [0.2, 0.25) is 10.0 Å². The highest BCUT2D eigenvalue weighted by atomic mass is 35.5. The molecular weight excluding hydrogens is 228 g/mol. The fourth-order valence-electron chi connectivity index (χ4n) is 0.566. The van der Waals surface area contributed by atoms with E-state index in [1.54, 1.807) is 0 Å². The van der Waals surface area contributed by atoms with E-state index in [1.165, 1.54) is 12.4 Å². The maximum absolute atomic E-state index is 5.70. The van der Waals surface area contributed by atoms with Gasteiger partial charge in [-0.25, -0.2) is 0 Å². The van der Waals surface area contributed by atoms with Crippen LogP contribution in [0.1, 0.15) is 5.56 Å². The topological polar surface area (TPSA) is 12.9 Å². The Morgan fingerprint density at radius 1 is 1.18 bits per heavy atom. The monoisotopic (exact) mass is 231 g/mol. The van der Waals surface area contributed by atoms with Gasteiger partial charge < -0.3 is 0 Å². The van der Waals surface area contributed by atoms with E-state index < -0.39 is 0 Å². The molecule has 11 heavy (non-hydrogen) atoms. The van der Waals surface area contributed by atoms with Crippen LogP contribution in [0.5, 0.6) is 0 Å². The molecule has 0 aliphatic rings. The molecule has 0 atom stereocenters. The number of halogens is 4. The first kappa shape index (κ1) is 11.3. The summed E-state index contributed by atoms with van der Waals surface area (Å²) in [5.74, 6) is 0.320. The van der Waals surface area contributed by atoms with Crippen molar-refractivity contribution in [3.8, 4) is 0 Å². The van der Waals surface area contributed by atoms with E-state index in [-0.39, 0.29) is 12.4 Å². The van der Waals surface area contributed by atoms with E-state index >= 15 is 0 Å². The summed E-state index contributed by atoms with van der Waals surface area (Å²) in [5.41, 5.74) is 0.736. The molecule has 1 nitrogen and oxygen atoms in total. The predicted molar refractivity (Wildman–Crippen MR) is 51.1 cm³/mol. The number of pyridine rings is 1. The van der Waals surface area contributed by atoms with Gasteiger partial charge in [0.2, 0.25) is 0 Å². The van der Waals surface area contributed by atoms with E-state index in [9.17, 15) is 0 Å². The molecule has 1 rings (SSSR count). The van der Waals surface area contributed by atoms with Crippen LogP contribution < -0.4 is 0 Å². The Hall–Kier alpha value is 0.310. The Balaban J connectivity index is 0.000001000. The molecule has 1 aromatic heterocycles. The molecule has 0 N–H and O–H groups in total. The van der Waals surface area contributed by atoms with Crippen LogP contribution in [-0.2, 0) is 5.88 Å². The van der Waals surface area contributed by atoms with Gasteiger partial charge in [0.25, 0.3) is 0 Å². The molecule has 0 aliphatic carbocycles. The number of rotatable bonds is 1. The van der Waals surface area contributed by atoms with Gasteiger partial charge in [0.05, 0.1) is 15.9 Å². The molecule has 1 heterocycles. The molecule has 0 bridgehead atoms. The molecule has 0 aliphatic heterocycles. The highest BCUT2D eigenvalue weighted by molar-refractivity contribution is 6.36. The molecule has 0 spiro atoms. The third-order valence-corrected chi connectivity index (χ3v) is 2.00. The van der Waals surface area contributed by atoms with Crippen molar-refractivity contribution >= 4 is 47.2 Å². The minimum atomic E-state index is 0. The van der Waals surface area contributed by atoms with E-state index in [1.807, 2.05) is 0 Å². The third-order valence-electron chi connectivity index (χ3n) is 1.09. The lowest BCUT2D eigenvalue weighted by Crippen LogP contribution is -1.83. The molecule has 5 heteroatoms. The van der Waals surface area contributed by atoms with Crippen LogP contribution >= 0.6 is 47.2 Å².